The number of hydrogen-bond acceptors (Lipinski definition) is 2. The van der Waals surface area contributed by atoms with Gasteiger partial charge in [0, 0.05) is 31.9 Å². The Morgan fingerprint density at radius 3 is 2.79 bits per heavy atom. The van der Waals surface area contributed by atoms with Crippen LogP contribution in [-0.2, 0) is 17.8 Å². The first-order chi connectivity index (χ1) is 9.34. The zero-order valence-corrected chi connectivity index (χ0v) is 11.0. The van der Waals surface area contributed by atoms with Crippen LogP contribution in [0.25, 0.3) is 0 Å². The molecule has 0 saturated heterocycles. The Balaban J connectivity index is 1.57. The summed E-state index contributed by atoms with van der Waals surface area (Å²) in [5.74, 6) is 0.0866. The topological polar surface area (TPSA) is 46.9 Å². The molecule has 0 aliphatic carbocycles. The maximum Gasteiger partial charge on any atom is 0.221 e. The van der Waals surface area contributed by atoms with Crippen LogP contribution in [0.15, 0.2) is 48.8 Å². The molecule has 0 saturated carbocycles. The van der Waals surface area contributed by atoms with Gasteiger partial charge in [-0.1, -0.05) is 30.3 Å². The Kier molecular flexibility index (Phi) is 5.17. The first-order valence-electron chi connectivity index (χ1n) is 6.62. The first-order valence-corrected chi connectivity index (χ1v) is 6.62. The number of nitrogens with one attached hydrogen (secondary N) is 1. The molecule has 4 nitrogen and oxygen atoms in total. The van der Waals surface area contributed by atoms with E-state index in [2.05, 4.69) is 22.5 Å². The molecule has 4 heteroatoms. The minimum Gasteiger partial charge on any atom is -0.356 e. The van der Waals surface area contributed by atoms with Crippen LogP contribution in [0.3, 0.4) is 0 Å². The van der Waals surface area contributed by atoms with Gasteiger partial charge in [0.1, 0.15) is 0 Å². The fraction of sp³-hybridized carbons (Fsp3) is 0.333. The number of nitrogens with zero attached hydrogens (tertiary/aromatic N) is 2. The second-order valence-corrected chi connectivity index (χ2v) is 4.46. The summed E-state index contributed by atoms with van der Waals surface area (Å²) in [6.45, 7) is 1.37. The summed E-state index contributed by atoms with van der Waals surface area (Å²) < 4.78 is 1.77. The second kappa shape index (κ2) is 7.36. The minimum atomic E-state index is 0.0866. The number of benzene rings is 1. The second-order valence-electron chi connectivity index (χ2n) is 4.46. The number of hydrogen-bond donors (Lipinski definition) is 1. The van der Waals surface area contributed by atoms with Gasteiger partial charge in [0.05, 0.1) is 0 Å². The van der Waals surface area contributed by atoms with Gasteiger partial charge in [0.15, 0.2) is 0 Å². The van der Waals surface area contributed by atoms with E-state index in [0.29, 0.717) is 13.0 Å². The summed E-state index contributed by atoms with van der Waals surface area (Å²) in [6.07, 6.45) is 6.03. The standard InChI is InChI=1S/C15H19N3O/c19-15(9-13-18-12-5-11-17-18)16-10-4-8-14-6-2-1-3-7-14/h1-3,5-7,11-12H,4,8-10,13H2,(H,16,19). The fourth-order valence-electron chi connectivity index (χ4n) is 1.90. The molecule has 1 aromatic carbocycles. The summed E-state index contributed by atoms with van der Waals surface area (Å²) in [7, 11) is 0. The van der Waals surface area contributed by atoms with E-state index >= 15 is 0 Å². The Morgan fingerprint density at radius 2 is 2.05 bits per heavy atom. The van der Waals surface area contributed by atoms with Gasteiger partial charge in [-0.25, -0.2) is 0 Å². The van der Waals surface area contributed by atoms with Crippen molar-refractivity contribution >= 4 is 5.91 Å². The van der Waals surface area contributed by atoms with Crippen molar-refractivity contribution < 1.29 is 4.79 Å². The molecule has 0 aliphatic rings. The van der Waals surface area contributed by atoms with Crippen LogP contribution in [0, 0.1) is 0 Å². The van der Waals surface area contributed by atoms with Gasteiger partial charge < -0.3 is 5.32 Å². The van der Waals surface area contributed by atoms with Crippen molar-refractivity contribution in [1.29, 1.82) is 0 Å². The zero-order chi connectivity index (χ0) is 13.3. The van der Waals surface area contributed by atoms with E-state index < -0.39 is 0 Å². The predicted octanol–water partition coefficient (Wildman–Crippen LogP) is 2.02. The van der Waals surface area contributed by atoms with Crippen LogP contribution >= 0.6 is 0 Å². The van der Waals surface area contributed by atoms with Crippen molar-refractivity contribution in [3.8, 4) is 0 Å². The zero-order valence-electron chi connectivity index (χ0n) is 11.0. The monoisotopic (exact) mass is 257 g/mol. The van der Waals surface area contributed by atoms with E-state index in [1.54, 1.807) is 10.9 Å². The minimum absolute atomic E-state index is 0.0866. The highest BCUT2D eigenvalue weighted by Gasteiger charge is 2.01. The van der Waals surface area contributed by atoms with Crippen molar-refractivity contribution in [1.82, 2.24) is 15.1 Å². The van der Waals surface area contributed by atoms with Gasteiger partial charge in [0.25, 0.3) is 0 Å². The number of carbonyl (C=O) groups is 1. The maximum atomic E-state index is 11.6. The SMILES string of the molecule is O=C(CCn1cccn1)NCCCc1ccccc1. The Hall–Kier alpha value is -2.10. The van der Waals surface area contributed by atoms with Crippen LogP contribution in [0.2, 0.25) is 0 Å². The average Bonchev–Trinajstić information content (AvgIpc) is 2.96. The highest BCUT2D eigenvalue weighted by atomic mass is 16.1. The van der Waals surface area contributed by atoms with E-state index in [9.17, 15) is 4.79 Å². The Labute approximate surface area is 113 Å². The molecule has 1 heterocycles. The van der Waals surface area contributed by atoms with Gasteiger partial charge in [-0.05, 0) is 24.5 Å². The molecule has 1 aromatic heterocycles. The predicted molar refractivity (Wildman–Crippen MR) is 74.6 cm³/mol. The number of carbonyl (C=O) groups excluding carboxylic acids is 1. The van der Waals surface area contributed by atoms with Crippen LogP contribution in [0.4, 0.5) is 0 Å². The van der Waals surface area contributed by atoms with E-state index in [0.717, 1.165) is 19.4 Å². The third-order valence-electron chi connectivity index (χ3n) is 2.93. The number of rotatable bonds is 7. The molecule has 1 amide bonds. The first kappa shape index (κ1) is 13.3. The lowest BCUT2D eigenvalue weighted by Crippen LogP contribution is -2.25. The van der Waals surface area contributed by atoms with Gasteiger partial charge in [0.2, 0.25) is 5.91 Å². The van der Waals surface area contributed by atoms with Gasteiger partial charge in [-0.3, -0.25) is 9.48 Å². The van der Waals surface area contributed by atoms with Gasteiger partial charge >= 0.3 is 0 Å². The molecule has 0 radical (unpaired) electrons. The van der Waals surface area contributed by atoms with E-state index in [1.807, 2.05) is 30.5 Å². The van der Waals surface area contributed by atoms with Crippen molar-refractivity contribution in [2.75, 3.05) is 6.54 Å². The molecule has 0 unspecified atom stereocenters. The molecule has 0 spiro atoms. The molecular weight excluding hydrogens is 238 g/mol. The van der Waals surface area contributed by atoms with E-state index in [4.69, 9.17) is 0 Å². The van der Waals surface area contributed by atoms with E-state index in [1.165, 1.54) is 5.56 Å². The molecule has 2 rings (SSSR count). The summed E-state index contributed by atoms with van der Waals surface area (Å²) in [5, 5.41) is 7.00. The third-order valence-corrected chi connectivity index (χ3v) is 2.93. The highest BCUT2D eigenvalue weighted by molar-refractivity contribution is 5.75. The smallest absolute Gasteiger partial charge is 0.221 e. The molecule has 0 fully saturated rings. The van der Waals surface area contributed by atoms with Crippen molar-refractivity contribution in [3.63, 3.8) is 0 Å². The van der Waals surface area contributed by atoms with Gasteiger partial charge in [-0.15, -0.1) is 0 Å². The lowest BCUT2D eigenvalue weighted by atomic mass is 10.1. The molecule has 1 N–H and O–H groups in total. The molecule has 19 heavy (non-hydrogen) atoms. The summed E-state index contributed by atoms with van der Waals surface area (Å²) in [5.41, 5.74) is 1.31. The van der Waals surface area contributed by atoms with Crippen LogP contribution in [0.1, 0.15) is 18.4 Å². The third kappa shape index (κ3) is 4.95. The van der Waals surface area contributed by atoms with Crippen LogP contribution < -0.4 is 5.32 Å². The maximum absolute atomic E-state index is 11.6. The fourth-order valence-corrected chi connectivity index (χ4v) is 1.90. The summed E-state index contributed by atoms with van der Waals surface area (Å²) in [4.78, 5) is 11.6. The van der Waals surface area contributed by atoms with Crippen LogP contribution in [-0.4, -0.2) is 22.2 Å². The summed E-state index contributed by atoms with van der Waals surface area (Å²) >= 11 is 0. The highest BCUT2D eigenvalue weighted by Crippen LogP contribution is 2.01. The molecule has 0 atom stereocenters. The summed E-state index contributed by atoms with van der Waals surface area (Å²) in [6, 6.07) is 12.2. The van der Waals surface area contributed by atoms with E-state index in [-0.39, 0.29) is 5.91 Å². The normalized spacial score (nSPS) is 10.3. The number of aryl methyl sites for hydroxylation is 2. The number of aromatic nitrogens is 2. The lowest BCUT2D eigenvalue weighted by Gasteiger charge is -2.05. The molecule has 2 aromatic rings. The van der Waals surface area contributed by atoms with Gasteiger partial charge in [-0.2, -0.15) is 5.10 Å². The van der Waals surface area contributed by atoms with Crippen molar-refractivity contribution in [2.45, 2.75) is 25.8 Å². The Morgan fingerprint density at radius 1 is 1.21 bits per heavy atom. The lowest BCUT2D eigenvalue weighted by molar-refractivity contribution is -0.121. The molecule has 0 bridgehead atoms. The molecular formula is C15H19N3O. The van der Waals surface area contributed by atoms with Crippen molar-refractivity contribution in [3.05, 3.63) is 54.4 Å². The molecule has 0 aliphatic heterocycles. The largest absolute Gasteiger partial charge is 0.356 e. The average molecular weight is 257 g/mol. The quantitative estimate of drug-likeness (QED) is 0.771. The molecule has 100 valence electrons. The van der Waals surface area contributed by atoms with Crippen LogP contribution in [0.5, 0.6) is 0 Å². The number of amides is 1. The van der Waals surface area contributed by atoms with Crippen molar-refractivity contribution in [2.24, 2.45) is 0 Å². The Bertz CT molecular complexity index is 479.